The number of hydrogen-bond donors (Lipinski definition) is 2. The molecule has 1 aliphatic heterocycles. The Bertz CT molecular complexity index is 1450. The van der Waals surface area contributed by atoms with Crippen LogP contribution in [-0.4, -0.2) is 50.2 Å². The van der Waals surface area contributed by atoms with Crippen LogP contribution in [0, 0.1) is 13.8 Å². The van der Waals surface area contributed by atoms with Gasteiger partial charge >= 0.3 is 0 Å². The van der Waals surface area contributed by atoms with Crippen LogP contribution in [0.3, 0.4) is 0 Å². The maximum atomic E-state index is 13.7. The number of hydrogen-bond acceptors (Lipinski definition) is 6. The van der Waals surface area contributed by atoms with Crippen molar-refractivity contribution in [1.29, 1.82) is 0 Å². The van der Waals surface area contributed by atoms with E-state index in [4.69, 9.17) is 9.40 Å². The minimum atomic E-state index is -0.746. The zero-order chi connectivity index (χ0) is 26.8. The molecule has 5 rings (SSSR count). The van der Waals surface area contributed by atoms with E-state index in [1.165, 1.54) is 0 Å². The quantitative estimate of drug-likeness (QED) is 0.281. The van der Waals surface area contributed by atoms with Gasteiger partial charge in [-0.05, 0) is 68.9 Å². The number of aromatic amines is 1. The molecule has 3 atom stereocenters. The minimum Gasteiger partial charge on any atom is -0.424 e. The Morgan fingerprint density at radius 3 is 2.79 bits per heavy atom. The van der Waals surface area contributed by atoms with E-state index >= 15 is 0 Å². The Morgan fingerprint density at radius 1 is 1.16 bits per heavy atom. The Morgan fingerprint density at radius 2 is 2.00 bits per heavy atom. The van der Waals surface area contributed by atoms with Gasteiger partial charge in [-0.3, -0.25) is 9.59 Å². The molecule has 8 heteroatoms. The lowest BCUT2D eigenvalue weighted by Gasteiger charge is -2.36. The van der Waals surface area contributed by atoms with E-state index in [0.29, 0.717) is 11.1 Å². The van der Waals surface area contributed by atoms with Crippen molar-refractivity contribution in [3.8, 4) is 0 Å². The van der Waals surface area contributed by atoms with E-state index in [1.54, 1.807) is 0 Å². The molecule has 38 heavy (non-hydrogen) atoms. The van der Waals surface area contributed by atoms with Crippen molar-refractivity contribution in [3.05, 3.63) is 53.3 Å². The summed E-state index contributed by atoms with van der Waals surface area (Å²) in [4.78, 5) is 41.8. The molecule has 0 radical (unpaired) electrons. The molecule has 1 fully saturated rings. The predicted molar refractivity (Wildman–Crippen MR) is 149 cm³/mol. The molecule has 1 saturated heterocycles. The number of imidazole rings is 1. The molecule has 0 spiro atoms. The second-order valence-corrected chi connectivity index (χ2v) is 10.7. The molecule has 2 aromatic carbocycles. The van der Waals surface area contributed by atoms with E-state index in [2.05, 4.69) is 22.2 Å². The summed E-state index contributed by atoms with van der Waals surface area (Å²) in [6, 6.07) is 11.5. The summed E-state index contributed by atoms with van der Waals surface area (Å²) in [5.41, 5.74) is 5.40. The SMILES string of the molecule is CC[C@H]1CCCCN1C(=O)C[C@H](Nc1nc2ccc(C)cc2o1)C(=O)C[C@@H](C)c1nc2c(C)cccc2[nH]1. The Labute approximate surface area is 223 Å². The van der Waals surface area contributed by atoms with Gasteiger partial charge in [-0.25, -0.2) is 4.98 Å². The number of para-hydroxylation sites is 1. The monoisotopic (exact) mass is 515 g/mol. The van der Waals surface area contributed by atoms with Gasteiger partial charge in [0.25, 0.3) is 6.01 Å². The number of fused-ring (bicyclic) bond motifs is 2. The largest absolute Gasteiger partial charge is 0.424 e. The van der Waals surface area contributed by atoms with Crippen LogP contribution in [0.2, 0.25) is 0 Å². The van der Waals surface area contributed by atoms with Gasteiger partial charge in [-0.2, -0.15) is 4.98 Å². The number of aryl methyl sites for hydroxylation is 2. The van der Waals surface area contributed by atoms with Crippen LogP contribution in [0.5, 0.6) is 0 Å². The van der Waals surface area contributed by atoms with E-state index in [-0.39, 0.29) is 42.5 Å². The van der Waals surface area contributed by atoms with Crippen LogP contribution >= 0.6 is 0 Å². The second kappa shape index (κ2) is 11.0. The van der Waals surface area contributed by atoms with Crippen molar-refractivity contribution in [2.24, 2.45) is 0 Å². The molecule has 0 bridgehead atoms. The number of oxazole rings is 1. The second-order valence-electron chi connectivity index (χ2n) is 10.7. The number of ketones is 1. The third kappa shape index (κ3) is 5.44. The van der Waals surface area contributed by atoms with Crippen LogP contribution in [0.4, 0.5) is 6.01 Å². The molecule has 0 saturated carbocycles. The first-order valence-corrected chi connectivity index (χ1v) is 13.7. The van der Waals surface area contributed by atoms with Crippen molar-refractivity contribution in [1.82, 2.24) is 19.9 Å². The third-order valence-corrected chi connectivity index (χ3v) is 7.73. The molecule has 0 aliphatic carbocycles. The molecular weight excluding hydrogens is 478 g/mol. The number of benzene rings is 2. The number of likely N-dealkylation sites (tertiary alicyclic amines) is 1. The number of Topliss-reactive ketones (excluding diaryl/α,β-unsaturated/α-hetero) is 1. The Balaban J connectivity index is 1.37. The van der Waals surface area contributed by atoms with Gasteiger partial charge in [-0.1, -0.05) is 32.0 Å². The zero-order valence-corrected chi connectivity index (χ0v) is 22.7. The summed E-state index contributed by atoms with van der Waals surface area (Å²) < 4.78 is 5.92. The van der Waals surface area contributed by atoms with Gasteiger partial charge in [0.1, 0.15) is 11.3 Å². The Kier molecular flexibility index (Phi) is 7.49. The highest BCUT2D eigenvalue weighted by atomic mass is 16.4. The summed E-state index contributed by atoms with van der Waals surface area (Å²) >= 11 is 0. The summed E-state index contributed by atoms with van der Waals surface area (Å²) in [5, 5.41) is 3.18. The number of piperidine rings is 1. The summed E-state index contributed by atoms with van der Waals surface area (Å²) in [6.07, 6.45) is 4.38. The highest BCUT2D eigenvalue weighted by Crippen LogP contribution is 2.26. The molecule has 2 N–H and O–H groups in total. The number of carbonyl (C=O) groups is 2. The normalized spacial score (nSPS) is 17.6. The highest BCUT2D eigenvalue weighted by Gasteiger charge is 2.31. The Hall–Kier alpha value is -3.68. The number of nitrogens with zero attached hydrogens (tertiary/aromatic N) is 3. The van der Waals surface area contributed by atoms with Crippen molar-refractivity contribution < 1.29 is 14.0 Å². The van der Waals surface area contributed by atoms with E-state index in [9.17, 15) is 9.59 Å². The maximum absolute atomic E-state index is 13.7. The van der Waals surface area contributed by atoms with Crippen molar-refractivity contribution in [3.63, 3.8) is 0 Å². The molecule has 200 valence electrons. The lowest BCUT2D eigenvalue weighted by Crippen LogP contribution is -2.46. The van der Waals surface area contributed by atoms with E-state index in [0.717, 1.165) is 60.2 Å². The topological polar surface area (TPSA) is 104 Å². The molecule has 4 aromatic rings. The maximum Gasteiger partial charge on any atom is 0.296 e. The number of anilines is 1. The van der Waals surface area contributed by atoms with Crippen LogP contribution < -0.4 is 5.32 Å². The van der Waals surface area contributed by atoms with Crippen LogP contribution in [0.15, 0.2) is 40.8 Å². The molecule has 3 heterocycles. The fraction of sp³-hybridized carbons (Fsp3) is 0.467. The summed E-state index contributed by atoms with van der Waals surface area (Å²) in [5.74, 6) is 0.568. The number of H-pyrrole nitrogens is 1. The first-order valence-electron chi connectivity index (χ1n) is 13.7. The number of amides is 1. The summed E-state index contributed by atoms with van der Waals surface area (Å²) in [6.45, 7) is 8.87. The molecule has 1 aliphatic rings. The van der Waals surface area contributed by atoms with Crippen LogP contribution in [-0.2, 0) is 9.59 Å². The smallest absolute Gasteiger partial charge is 0.296 e. The van der Waals surface area contributed by atoms with Crippen molar-refractivity contribution in [2.75, 3.05) is 11.9 Å². The van der Waals surface area contributed by atoms with Crippen LogP contribution in [0.25, 0.3) is 22.1 Å². The van der Waals surface area contributed by atoms with Gasteiger partial charge in [0, 0.05) is 24.9 Å². The molecule has 1 amide bonds. The average Bonchev–Trinajstić information content (AvgIpc) is 3.52. The van der Waals surface area contributed by atoms with Gasteiger partial charge in [0.2, 0.25) is 5.91 Å². The number of aromatic nitrogens is 3. The number of carbonyl (C=O) groups excluding carboxylic acids is 2. The number of nitrogens with one attached hydrogen (secondary N) is 2. The fourth-order valence-corrected chi connectivity index (χ4v) is 5.50. The minimum absolute atomic E-state index is 0.00127. The van der Waals surface area contributed by atoms with Gasteiger partial charge in [0.05, 0.1) is 23.5 Å². The summed E-state index contributed by atoms with van der Waals surface area (Å²) in [7, 11) is 0. The lowest BCUT2D eigenvalue weighted by molar-refractivity contribution is -0.137. The number of rotatable bonds is 9. The van der Waals surface area contributed by atoms with Gasteiger partial charge in [0.15, 0.2) is 11.4 Å². The fourth-order valence-electron chi connectivity index (χ4n) is 5.50. The average molecular weight is 516 g/mol. The van der Waals surface area contributed by atoms with Crippen LogP contribution in [0.1, 0.15) is 75.2 Å². The van der Waals surface area contributed by atoms with Gasteiger partial charge in [-0.15, -0.1) is 0 Å². The van der Waals surface area contributed by atoms with Gasteiger partial charge < -0.3 is 19.6 Å². The lowest BCUT2D eigenvalue weighted by atomic mass is 9.95. The van der Waals surface area contributed by atoms with E-state index in [1.807, 2.05) is 62.1 Å². The first-order chi connectivity index (χ1) is 18.3. The zero-order valence-electron chi connectivity index (χ0n) is 22.7. The standard InChI is InChI=1S/C30H37N5O3/c1-5-21-10-6-7-14-35(21)27(37)17-24(33-30-32-22-13-12-18(2)15-26(22)38-30)25(36)16-20(4)29-31-23-11-8-9-19(3)28(23)34-29/h8-9,11-13,15,20-21,24H,5-7,10,14,16-17H2,1-4H3,(H,31,34)(H,32,33)/t20-,21+,24+/m1/s1. The molecule has 8 nitrogen and oxygen atoms in total. The van der Waals surface area contributed by atoms with Crippen molar-refractivity contribution in [2.45, 2.75) is 84.2 Å². The van der Waals surface area contributed by atoms with E-state index < -0.39 is 6.04 Å². The highest BCUT2D eigenvalue weighted by molar-refractivity contribution is 5.92. The third-order valence-electron chi connectivity index (χ3n) is 7.73. The predicted octanol–water partition coefficient (Wildman–Crippen LogP) is 6.05. The first kappa shape index (κ1) is 25.9. The molecule has 0 unspecified atom stereocenters. The molecule has 2 aromatic heterocycles. The van der Waals surface area contributed by atoms with Crippen molar-refractivity contribution >= 4 is 39.8 Å². The molecular formula is C30H37N5O3.